The lowest BCUT2D eigenvalue weighted by atomic mass is 9.77. The summed E-state index contributed by atoms with van der Waals surface area (Å²) in [6, 6.07) is 6.96. The molecule has 28 heavy (non-hydrogen) atoms. The second-order valence-corrected chi connectivity index (χ2v) is 9.32. The molecular formula is C22H27ClN2O3. The summed E-state index contributed by atoms with van der Waals surface area (Å²) in [5.74, 6) is -0.0727. The SMILES string of the molecule is CC(=O)C(C)(CC1CCCCC1)N1C(=O)N[C@@]2(CC2c2ccc(Cl)cc2)C1=O. The van der Waals surface area contributed by atoms with E-state index < -0.39 is 17.1 Å². The fraction of sp³-hybridized carbons (Fsp3) is 0.591. The van der Waals surface area contributed by atoms with Crippen molar-refractivity contribution >= 4 is 29.3 Å². The minimum atomic E-state index is -1.08. The number of nitrogens with one attached hydrogen (secondary N) is 1. The summed E-state index contributed by atoms with van der Waals surface area (Å²) in [5, 5.41) is 3.55. The molecular weight excluding hydrogens is 376 g/mol. The largest absolute Gasteiger partial charge is 0.325 e. The molecule has 3 fully saturated rings. The lowest BCUT2D eigenvalue weighted by Crippen LogP contribution is -2.56. The summed E-state index contributed by atoms with van der Waals surface area (Å²) >= 11 is 5.97. The molecule has 1 aliphatic heterocycles. The first-order chi connectivity index (χ1) is 13.3. The molecule has 2 aliphatic carbocycles. The average Bonchev–Trinajstić information content (AvgIpc) is 3.31. The van der Waals surface area contributed by atoms with E-state index >= 15 is 0 Å². The zero-order valence-electron chi connectivity index (χ0n) is 16.5. The van der Waals surface area contributed by atoms with Crippen molar-refractivity contribution in [1.29, 1.82) is 0 Å². The van der Waals surface area contributed by atoms with Gasteiger partial charge in [-0.25, -0.2) is 9.69 Å². The van der Waals surface area contributed by atoms with Gasteiger partial charge < -0.3 is 5.32 Å². The number of ketones is 1. The first kappa shape index (κ1) is 19.4. The summed E-state index contributed by atoms with van der Waals surface area (Å²) in [6.07, 6.45) is 6.78. The van der Waals surface area contributed by atoms with Crippen molar-refractivity contribution in [3.05, 3.63) is 34.9 Å². The van der Waals surface area contributed by atoms with Crippen LogP contribution in [0, 0.1) is 5.92 Å². The van der Waals surface area contributed by atoms with Crippen molar-refractivity contribution in [3.63, 3.8) is 0 Å². The maximum atomic E-state index is 13.4. The smallest absolute Gasteiger partial charge is 0.322 e. The molecule has 2 unspecified atom stereocenters. The molecule has 1 aromatic rings. The van der Waals surface area contributed by atoms with Crippen LogP contribution in [0.1, 0.15) is 70.3 Å². The Morgan fingerprint density at radius 2 is 1.86 bits per heavy atom. The van der Waals surface area contributed by atoms with Crippen molar-refractivity contribution in [2.75, 3.05) is 0 Å². The Balaban J connectivity index is 1.59. The van der Waals surface area contributed by atoms with Crippen LogP contribution >= 0.6 is 11.6 Å². The Bertz CT molecular complexity index is 818. The summed E-state index contributed by atoms with van der Waals surface area (Å²) < 4.78 is 0. The van der Waals surface area contributed by atoms with Crippen LogP contribution in [-0.2, 0) is 9.59 Å². The number of nitrogens with zero attached hydrogens (tertiary/aromatic N) is 1. The molecule has 6 heteroatoms. The van der Waals surface area contributed by atoms with Crippen molar-refractivity contribution < 1.29 is 14.4 Å². The molecule has 150 valence electrons. The molecule has 3 amide bonds. The van der Waals surface area contributed by atoms with Gasteiger partial charge in [-0.05, 0) is 50.3 Å². The highest BCUT2D eigenvalue weighted by molar-refractivity contribution is 6.30. The van der Waals surface area contributed by atoms with Gasteiger partial charge in [-0.3, -0.25) is 9.59 Å². The Morgan fingerprint density at radius 3 is 2.46 bits per heavy atom. The minimum absolute atomic E-state index is 0.0721. The van der Waals surface area contributed by atoms with Crippen molar-refractivity contribution in [2.24, 2.45) is 5.92 Å². The predicted molar refractivity (Wildman–Crippen MR) is 107 cm³/mol. The minimum Gasteiger partial charge on any atom is -0.322 e. The van der Waals surface area contributed by atoms with Crippen molar-refractivity contribution in [3.8, 4) is 0 Å². The number of carbonyl (C=O) groups excluding carboxylic acids is 3. The van der Waals surface area contributed by atoms with E-state index in [0.29, 0.717) is 23.8 Å². The molecule has 1 aromatic carbocycles. The number of carbonyl (C=O) groups is 3. The summed E-state index contributed by atoms with van der Waals surface area (Å²) in [4.78, 5) is 40.2. The Kier molecular flexibility index (Phi) is 4.77. The van der Waals surface area contributed by atoms with Crippen LogP contribution in [-0.4, -0.2) is 33.7 Å². The molecule has 4 rings (SSSR count). The Hall–Kier alpha value is -1.88. The second kappa shape index (κ2) is 6.87. The standard InChI is InChI=1S/C22H27ClN2O3/c1-14(26)21(2,12-15-6-4-3-5-7-15)25-19(27)22(24-20(25)28)13-18(22)16-8-10-17(23)11-9-16/h8-11,15,18H,3-7,12-13H2,1-2H3,(H,24,28)/t18?,21?,22-/m1/s1. The van der Waals surface area contributed by atoms with Gasteiger partial charge >= 0.3 is 6.03 Å². The van der Waals surface area contributed by atoms with Gasteiger partial charge in [0, 0.05) is 10.9 Å². The Labute approximate surface area is 170 Å². The van der Waals surface area contributed by atoms with Gasteiger partial charge in [-0.15, -0.1) is 0 Å². The molecule has 1 heterocycles. The van der Waals surface area contributed by atoms with E-state index in [4.69, 9.17) is 11.6 Å². The number of hydrogen-bond donors (Lipinski definition) is 1. The highest BCUT2D eigenvalue weighted by Gasteiger charge is 2.70. The lowest BCUT2D eigenvalue weighted by molar-refractivity contribution is -0.141. The first-order valence-electron chi connectivity index (χ1n) is 10.2. The van der Waals surface area contributed by atoms with E-state index in [1.54, 1.807) is 19.1 Å². The Morgan fingerprint density at radius 1 is 1.21 bits per heavy atom. The molecule has 0 radical (unpaired) electrons. The van der Waals surface area contributed by atoms with Gasteiger partial charge in [0.15, 0.2) is 5.78 Å². The molecule has 5 nitrogen and oxygen atoms in total. The third-order valence-electron chi connectivity index (χ3n) is 7.01. The van der Waals surface area contributed by atoms with Gasteiger partial charge in [0.05, 0.1) is 0 Å². The fourth-order valence-corrected chi connectivity index (χ4v) is 5.25. The number of Topliss-reactive ketones (excluding diaryl/α,β-unsaturated/α-hetero) is 1. The number of halogens is 1. The number of urea groups is 1. The summed E-state index contributed by atoms with van der Waals surface area (Å²) in [6.45, 7) is 3.26. The normalized spacial score (nSPS) is 29.7. The van der Waals surface area contributed by atoms with Crippen LogP contribution in [0.2, 0.25) is 5.02 Å². The van der Waals surface area contributed by atoms with Gasteiger partial charge in [0.1, 0.15) is 11.1 Å². The summed E-state index contributed by atoms with van der Waals surface area (Å²) in [5.41, 5.74) is -1.01. The predicted octanol–water partition coefficient (Wildman–Crippen LogP) is 4.44. The maximum Gasteiger partial charge on any atom is 0.325 e. The molecule has 1 N–H and O–H groups in total. The quantitative estimate of drug-likeness (QED) is 0.740. The molecule has 3 atom stereocenters. The summed E-state index contributed by atoms with van der Waals surface area (Å²) in [7, 11) is 0. The van der Waals surface area contributed by atoms with Crippen LogP contribution in [0.3, 0.4) is 0 Å². The highest BCUT2D eigenvalue weighted by Crippen LogP contribution is 2.56. The number of amides is 3. The van der Waals surface area contributed by atoms with E-state index in [-0.39, 0.29) is 17.6 Å². The van der Waals surface area contributed by atoms with Gasteiger partial charge in [0.25, 0.3) is 5.91 Å². The zero-order chi connectivity index (χ0) is 20.1. The van der Waals surface area contributed by atoms with Crippen molar-refractivity contribution in [2.45, 2.75) is 75.8 Å². The first-order valence-corrected chi connectivity index (χ1v) is 10.6. The van der Waals surface area contributed by atoms with Crippen LogP contribution in [0.4, 0.5) is 4.79 Å². The third kappa shape index (κ3) is 3.04. The fourth-order valence-electron chi connectivity index (χ4n) is 5.12. The number of hydrogen-bond acceptors (Lipinski definition) is 3. The molecule has 3 aliphatic rings. The maximum absolute atomic E-state index is 13.4. The zero-order valence-corrected chi connectivity index (χ0v) is 17.2. The number of benzene rings is 1. The molecule has 2 saturated carbocycles. The van der Waals surface area contributed by atoms with E-state index in [1.807, 2.05) is 12.1 Å². The number of rotatable bonds is 5. The topological polar surface area (TPSA) is 66.5 Å². The number of imide groups is 1. The van der Waals surface area contributed by atoms with Crippen molar-refractivity contribution in [1.82, 2.24) is 10.2 Å². The van der Waals surface area contributed by atoms with E-state index in [9.17, 15) is 14.4 Å². The van der Waals surface area contributed by atoms with E-state index in [1.165, 1.54) is 18.2 Å². The average molecular weight is 403 g/mol. The van der Waals surface area contributed by atoms with Gasteiger partial charge in [-0.1, -0.05) is 55.8 Å². The molecule has 1 spiro atoms. The lowest BCUT2D eigenvalue weighted by Gasteiger charge is -2.38. The van der Waals surface area contributed by atoms with Gasteiger partial charge in [-0.2, -0.15) is 0 Å². The van der Waals surface area contributed by atoms with Crippen LogP contribution < -0.4 is 5.32 Å². The van der Waals surface area contributed by atoms with Crippen LogP contribution in [0.5, 0.6) is 0 Å². The van der Waals surface area contributed by atoms with Gasteiger partial charge in [0.2, 0.25) is 0 Å². The highest BCUT2D eigenvalue weighted by atomic mass is 35.5. The van der Waals surface area contributed by atoms with E-state index in [0.717, 1.165) is 31.2 Å². The van der Waals surface area contributed by atoms with Crippen LogP contribution in [0.25, 0.3) is 0 Å². The monoisotopic (exact) mass is 402 g/mol. The third-order valence-corrected chi connectivity index (χ3v) is 7.27. The van der Waals surface area contributed by atoms with E-state index in [2.05, 4.69) is 5.32 Å². The molecule has 1 saturated heterocycles. The molecule has 0 bridgehead atoms. The molecule has 0 aromatic heterocycles. The second-order valence-electron chi connectivity index (χ2n) is 8.89. The van der Waals surface area contributed by atoms with Crippen LogP contribution in [0.15, 0.2) is 24.3 Å².